The molecule has 8 heteroatoms. The molecule has 0 aliphatic rings. The largest absolute Gasteiger partial charge is 0.327 e. The molecule has 3 aromatic rings. The van der Waals surface area contributed by atoms with Crippen molar-refractivity contribution in [2.45, 2.75) is 0 Å². The van der Waals surface area contributed by atoms with Crippen LogP contribution in [0.25, 0.3) is 11.2 Å². The average molecular weight is 270 g/mol. The van der Waals surface area contributed by atoms with E-state index in [1.807, 2.05) is 18.2 Å². The molecule has 2 aromatic heterocycles. The Morgan fingerprint density at radius 3 is 2.60 bits per heavy atom. The van der Waals surface area contributed by atoms with Gasteiger partial charge < -0.3 is 4.57 Å². The zero-order valence-electron chi connectivity index (χ0n) is 10.5. The van der Waals surface area contributed by atoms with Crippen molar-refractivity contribution in [1.29, 1.82) is 0 Å². The SMILES string of the molecule is Cn1c(N=Nc2ccccc2)nc2[nH]c(=O)[nH]c(=O)c21. The minimum Gasteiger partial charge on any atom is -0.304 e. The third-order valence-corrected chi connectivity index (χ3v) is 2.76. The summed E-state index contributed by atoms with van der Waals surface area (Å²) in [6.45, 7) is 0. The number of nitrogens with one attached hydrogen (secondary N) is 2. The summed E-state index contributed by atoms with van der Waals surface area (Å²) >= 11 is 0. The number of hydrogen-bond donors (Lipinski definition) is 2. The summed E-state index contributed by atoms with van der Waals surface area (Å²) in [5.41, 5.74) is -0.0242. The van der Waals surface area contributed by atoms with Crippen molar-refractivity contribution < 1.29 is 0 Å². The van der Waals surface area contributed by atoms with Gasteiger partial charge in [0.25, 0.3) is 11.5 Å². The molecule has 0 aliphatic heterocycles. The van der Waals surface area contributed by atoms with Crippen LogP contribution in [-0.4, -0.2) is 19.5 Å². The first-order chi connectivity index (χ1) is 9.65. The Morgan fingerprint density at radius 2 is 1.85 bits per heavy atom. The lowest BCUT2D eigenvalue weighted by Gasteiger charge is -1.94. The molecule has 3 rings (SSSR count). The van der Waals surface area contributed by atoms with Crippen molar-refractivity contribution in [3.63, 3.8) is 0 Å². The summed E-state index contributed by atoms with van der Waals surface area (Å²) in [6.07, 6.45) is 0. The number of aryl methyl sites for hydroxylation is 1. The highest BCUT2D eigenvalue weighted by Gasteiger charge is 2.11. The molecule has 0 fully saturated rings. The normalized spacial score (nSPS) is 11.4. The summed E-state index contributed by atoms with van der Waals surface area (Å²) in [5.74, 6) is 0.233. The van der Waals surface area contributed by atoms with Crippen LogP contribution < -0.4 is 11.2 Å². The van der Waals surface area contributed by atoms with Crippen LogP contribution in [0.5, 0.6) is 0 Å². The van der Waals surface area contributed by atoms with Crippen LogP contribution in [-0.2, 0) is 7.05 Å². The molecule has 0 spiro atoms. The number of fused-ring (bicyclic) bond motifs is 1. The molecule has 0 aliphatic carbocycles. The smallest absolute Gasteiger partial charge is 0.304 e. The molecular weight excluding hydrogens is 260 g/mol. The van der Waals surface area contributed by atoms with Crippen LogP contribution >= 0.6 is 0 Å². The van der Waals surface area contributed by atoms with E-state index in [2.05, 4.69) is 25.2 Å². The zero-order chi connectivity index (χ0) is 14.1. The fourth-order valence-electron chi connectivity index (χ4n) is 1.82. The summed E-state index contributed by atoms with van der Waals surface area (Å²) < 4.78 is 1.47. The van der Waals surface area contributed by atoms with Crippen LogP contribution in [0.2, 0.25) is 0 Å². The van der Waals surface area contributed by atoms with Gasteiger partial charge in [0.2, 0.25) is 0 Å². The molecule has 0 saturated heterocycles. The minimum absolute atomic E-state index is 0.184. The van der Waals surface area contributed by atoms with Gasteiger partial charge in [0.15, 0.2) is 11.2 Å². The van der Waals surface area contributed by atoms with Gasteiger partial charge in [-0.3, -0.25) is 14.8 Å². The minimum atomic E-state index is -0.604. The van der Waals surface area contributed by atoms with Gasteiger partial charge in [-0.05, 0) is 12.1 Å². The van der Waals surface area contributed by atoms with Crippen molar-refractivity contribution in [3.05, 3.63) is 51.2 Å². The number of benzene rings is 1. The van der Waals surface area contributed by atoms with Gasteiger partial charge in [-0.2, -0.15) is 4.98 Å². The third-order valence-electron chi connectivity index (χ3n) is 2.76. The standard InChI is InChI=1S/C12H10N6O2/c1-18-8-9(14-12(20)15-10(8)19)13-11(18)17-16-7-5-3-2-4-6-7/h2-6H,1H3,(H2,14,15,19,20). The molecule has 8 nitrogen and oxygen atoms in total. The van der Waals surface area contributed by atoms with E-state index in [9.17, 15) is 9.59 Å². The van der Waals surface area contributed by atoms with E-state index in [1.165, 1.54) is 4.57 Å². The number of rotatable bonds is 2. The molecule has 0 radical (unpaired) electrons. The number of hydrogen-bond acceptors (Lipinski definition) is 5. The first-order valence-corrected chi connectivity index (χ1v) is 5.81. The lowest BCUT2D eigenvalue weighted by Crippen LogP contribution is -2.22. The first kappa shape index (κ1) is 12.0. The van der Waals surface area contributed by atoms with Crippen LogP contribution in [0.3, 0.4) is 0 Å². The van der Waals surface area contributed by atoms with Gasteiger partial charge in [-0.25, -0.2) is 4.79 Å². The fourth-order valence-corrected chi connectivity index (χ4v) is 1.82. The molecule has 1 aromatic carbocycles. The second-order valence-electron chi connectivity index (χ2n) is 4.11. The van der Waals surface area contributed by atoms with Gasteiger partial charge in [0.05, 0.1) is 5.69 Å². The van der Waals surface area contributed by atoms with E-state index in [4.69, 9.17) is 0 Å². The summed E-state index contributed by atoms with van der Waals surface area (Å²) in [7, 11) is 1.63. The van der Waals surface area contributed by atoms with Crippen LogP contribution in [0.4, 0.5) is 11.6 Å². The Bertz CT molecular complexity index is 903. The Kier molecular flexibility index (Phi) is 2.75. The van der Waals surface area contributed by atoms with E-state index >= 15 is 0 Å². The lowest BCUT2D eigenvalue weighted by molar-refractivity contribution is 0.913. The van der Waals surface area contributed by atoms with E-state index in [0.29, 0.717) is 5.69 Å². The summed E-state index contributed by atoms with van der Waals surface area (Å²) in [5, 5.41) is 8.01. The Balaban J connectivity index is 2.12. The Morgan fingerprint density at radius 1 is 1.10 bits per heavy atom. The van der Waals surface area contributed by atoms with Gasteiger partial charge in [0, 0.05) is 7.05 Å². The highest BCUT2D eigenvalue weighted by Crippen LogP contribution is 2.18. The number of azo groups is 1. The summed E-state index contributed by atoms with van der Waals surface area (Å²) in [4.78, 5) is 31.6. The molecule has 0 unspecified atom stereocenters. The Hall–Kier alpha value is -3.03. The maximum absolute atomic E-state index is 11.7. The van der Waals surface area contributed by atoms with E-state index < -0.39 is 11.2 Å². The quantitative estimate of drug-likeness (QED) is 0.686. The van der Waals surface area contributed by atoms with Crippen molar-refractivity contribution in [2.24, 2.45) is 17.3 Å². The number of aromatic amines is 2. The predicted molar refractivity (Wildman–Crippen MR) is 72.6 cm³/mol. The maximum Gasteiger partial charge on any atom is 0.327 e. The van der Waals surface area contributed by atoms with Gasteiger partial charge in [0.1, 0.15) is 0 Å². The van der Waals surface area contributed by atoms with E-state index in [-0.39, 0.29) is 17.1 Å². The average Bonchev–Trinajstić information content (AvgIpc) is 2.74. The van der Waals surface area contributed by atoms with Crippen LogP contribution in [0, 0.1) is 0 Å². The van der Waals surface area contributed by atoms with Crippen molar-refractivity contribution in [3.8, 4) is 0 Å². The molecule has 2 heterocycles. The second kappa shape index (κ2) is 4.57. The van der Waals surface area contributed by atoms with Crippen molar-refractivity contribution in [2.75, 3.05) is 0 Å². The zero-order valence-corrected chi connectivity index (χ0v) is 10.5. The number of aromatic nitrogens is 4. The molecule has 100 valence electrons. The Labute approximate surface area is 111 Å². The van der Waals surface area contributed by atoms with Gasteiger partial charge in [-0.1, -0.05) is 18.2 Å². The fraction of sp³-hybridized carbons (Fsp3) is 0.0833. The number of H-pyrrole nitrogens is 2. The number of imidazole rings is 1. The molecule has 0 bridgehead atoms. The topological polar surface area (TPSA) is 108 Å². The third kappa shape index (κ3) is 2.03. The lowest BCUT2D eigenvalue weighted by atomic mass is 10.3. The molecule has 0 atom stereocenters. The second-order valence-corrected chi connectivity index (χ2v) is 4.11. The van der Waals surface area contributed by atoms with Gasteiger partial charge >= 0.3 is 5.69 Å². The van der Waals surface area contributed by atoms with Crippen molar-refractivity contribution >= 4 is 22.8 Å². The van der Waals surface area contributed by atoms with Gasteiger partial charge in [-0.15, -0.1) is 10.2 Å². The highest BCUT2D eigenvalue weighted by atomic mass is 16.2. The molecule has 0 amide bonds. The molecular formula is C12H10N6O2. The summed E-state index contributed by atoms with van der Waals surface area (Å²) in [6, 6.07) is 9.14. The molecule has 0 saturated carbocycles. The number of nitrogens with zero attached hydrogens (tertiary/aromatic N) is 4. The van der Waals surface area contributed by atoms with E-state index in [0.717, 1.165) is 0 Å². The monoisotopic (exact) mass is 270 g/mol. The predicted octanol–water partition coefficient (Wildman–Crippen LogP) is 1.37. The van der Waals surface area contributed by atoms with Crippen LogP contribution in [0.1, 0.15) is 0 Å². The molecule has 2 N–H and O–H groups in total. The van der Waals surface area contributed by atoms with Crippen molar-refractivity contribution in [1.82, 2.24) is 19.5 Å². The molecule has 20 heavy (non-hydrogen) atoms. The van der Waals surface area contributed by atoms with E-state index in [1.54, 1.807) is 19.2 Å². The highest BCUT2D eigenvalue weighted by molar-refractivity contribution is 5.72. The van der Waals surface area contributed by atoms with Crippen LogP contribution in [0.15, 0.2) is 50.1 Å². The first-order valence-electron chi connectivity index (χ1n) is 5.81. The maximum atomic E-state index is 11.7.